The molecule has 0 spiro atoms. The van der Waals surface area contributed by atoms with Gasteiger partial charge >= 0.3 is 0 Å². The molecule has 4 nitrogen and oxygen atoms in total. The fourth-order valence-corrected chi connectivity index (χ4v) is 1.78. The van der Waals surface area contributed by atoms with Crippen LogP contribution in [0.3, 0.4) is 0 Å². The Morgan fingerprint density at radius 2 is 2.31 bits per heavy atom. The van der Waals surface area contributed by atoms with Gasteiger partial charge in [0.05, 0.1) is 6.54 Å². The van der Waals surface area contributed by atoms with Crippen molar-refractivity contribution in [2.75, 3.05) is 20.1 Å². The zero-order chi connectivity index (χ0) is 12.0. The van der Waals surface area contributed by atoms with Gasteiger partial charge in [0, 0.05) is 32.0 Å². The summed E-state index contributed by atoms with van der Waals surface area (Å²) in [7, 11) is 4.17. The third-order valence-corrected chi connectivity index (χ3v) is 2.66. The van der Waals surface area contributed by atoms with E-state index < -0.39 is 0 Å². The Balaban J connectivity index is 2.30. The summed E-state index contributed by atoms with van der Waals surface area (Å²) in [4.78, 5) is 6.63. The van der Waals surface area contributed by atoms with Gasteiger partial charge in [0.25, 0.3) is 0 Å². The lowest BCUT2D eigenvalue weighted by molar-refractivity contribution is 0.281. The molecule has 0 aromatic carbocycles. The lowest BCUT2D eigenvalue weighted by atomic mass is 10.3. The van der Waals surface area contributed by atoms with E-state index in [0.29, 0.717) is 6.04 Å². The smallest absolute Gasteiger partial charge is 0.122 e. The van der Waals surface area contributed by atoms with Crippen molar-refractivity contribution in [1.29, 1.82) is 0 Å². The van der Waals surface area contributed by atoms with Crippen LogP contribution in [0.15, 0.2) is 12.4 Å². The quantitative estimate of drug-likeness (QED) is 0.756. The van der Waals surface area contributed by atoms with E-state index in [9.17, 15) is 0 Å². The van der Waals surface area contributed by atoms with E-state index in [1.54, 1.807) is 0 Å². The van der Waals surface area contributed by atoms with E-state index in [-0.39, 0.29) is 0 Å². The molecule has 1 unspecified atom stereocenters. The van der Waals surface area contributed by atoms with Gasteiger partial charge in [-0.3, -0.25) is 4.90 Å². The Morgan fingerprint density at radius 1 is 1.56 bits per heavy atom. The third-order valence-electron chi connectivity index (χ3n) is 2.66. The van der Waals surface area contributed by atoms with E-state index in [1.807, 2.05) is 19.4 Å². The predicted octanol–water partition coefficient (Wildman–Crippen LogP) is 1.24. The van der Waals surface area contributed by atoms with Crippen LogP contribution < -0.4 is 5.32 Å². The van der Waals surface area contributed by atoms with Crippen molar-refractivity contribution < 1.29 is 0 Å². The monoisotopic (exact) mass is 224 g/mol. The molecule has 92 valence electrons. The average Bonchev–Trinajstić information content (AvgIpc) is 2.61. The first-order valence-electron chi connectivity index (χ1n) is 6.01. The van der Waals surface area contributed by atoms with Crippen molar-refractivity contribution in [3.8, 4) is 0 Å². The molecule has 1 aromatic heterocycles. The molecule has 0 aliphatic carbocycles. The SMILES string of the molecule is CCCNC(C)CN(C)Cc1nccn1C. The predicted molar refractivity (Wildman–Crippen MR) is 67.3 cm³/mol. The van der Waals surface area contributed by atoms with Crippen molar-refractivity contribution in [3.05, 3.63) is 18.2 Å². The Labute approximate surface area is 98.7 Å². The molecule has 16 heavy (non-hydrogen) atoms. The molecular weight excluding hydrogens is 200 g/mol. The van der Waals surface area contributed by atoms with Crippen molar-refractivity contribution in [3.63, 3.8) is 0 Å². The number of rotatable bonds is 7. The lowest BCUT2D eigenvalue weighted by Gasteiger charge is -2.21. The molecule has 0 radical (unpaired) electrons. The minimum Gasteiger partial charge on any atom is -0.337 e. The van der Waals surface area contributed by atoms with Crippen LogP contribution >= 0.6 is 0 Å². The summed E-state index contributed by atoms with van der Waals surface area (Å²) in [6, 6.07) is 0.533. The van der Waals surface area contributed by atoms with Gasteiger partial charge in [0.1, 0.15) is 5.82 Å². The summed E-state index contributed by atoms with van der Waals surface area (Å²) in [6.45, 7) is 7.47. The molecule has 0 amide bonds. The topological polar surface area (TPSA) is 33.1 Å². The highest BCUT2D eigenvalue weighted by Gasteiger charge is 2.08. The van der Waals surface area contributed by atoms with Crippen LogP contribution in [0.2, 0.25) is 0 Å². The van der Waals surface area contributed by atoms with Crippen molar-refractivity contribution in [2.24, 2.45) is 7.05 Å². The molecule has 0 saturated carbocycles. The standard InChI is InChI=1S/C12H24N4/c1-5-6-13-11(2)9-15(3)10-12-14-7-8-16(12)4/h7-8,11,13H,5-6,9-10H2,1-4H3. The van der Waals surface area contributed by atoms with Crippen molar-refractivity contribution >= 4 is 0 Å². The molecule has 1 heterocycles. The van der Waals surface area contributed by atoms with Crippen LogP contribution in [-0.4, -0.2) is 40.6 Å². The fourth-order valence-electron chi connectivity index (χ4n) is 1.78. The first kappa shape index (κ1) is 13.2. The Bertz CT molecular complexity index is 295. The first-order valence-corrected chi connectivity index (χ1v) is 6.01. The van der Waals surface area contributed by atoms with Crippen LogP contribution in [-0.2, 0) is 13.6 Å². The van der Waals surface area contributed by atoms with Crippen LogP contribution in [0, 0.1) is 0 Å². The molecule has 1 N–H and O–H groups in total. The molecule has 0 bridgehead atoms. The average molecular weight is 224 g/mol. The first-order chi connectivity index (χ1) is 7.63. The summed E-state index contributed by atoms with van der Waals surface area (Å²) < 4.78 is 2.07. The van der Waals surface area contributed by atoms with E-state index in [0.717, 1.165) is 25.5 Å². The normalized spacial score (nSPS) is 13.3. The third kappa shape index (κ3) is 4.33. The van der Waals surface area contributed by atoms with E-state index in [1.165, 1.54) is 6.42 Å². The fraction of sp³-hybridized carbons (Fsp3) is 0.750. The second-order valence-corrected chi connectivity index (χ2v) is 4.51. The molecule has 0 saturated heterocycles. The largest absolute Gasteiger partial charge is 0.337 e. The van der Waals surface area contributed by atoms with Crippen molar-refractivity contribution in [1.82, 2.24) is 19.8 Å². The molecule has 1 aromatic rings. The Hall–Kier alpha value is -0.870. The van der Waals surface area contributed by atoms with Crippen LogP contribution in [0.25, 0.3) is 0 Å². The van der Waals surface area contributed by atoms with Crippen LogP contribution in [0.4, 0.5) is 0 Å². The summed E-state index contributed by atoms with van der Waals surface area (Å²) in [6.07, 6.45) is 5.03. The number of hydrogen-bond acceptors (Lipinski definition) is 3. The van der Waals surface area contributed by atoms with Gasteiger partial charge in [0.2, 0.25) is 0 Å². The molecule has 1 rings (SSSR count). The van der Waals surface area contributed by atoms with E-state index >= 15 is 0 Å². The van der Waals surface area contributed by atoms with E-state index in [4.69, 9.17) is 0 Å². The molecule has 4 heteroatoms. The minimum absolute atomic E-state index is 0.533. The van der Waals surface area contributed by atoms with Gasteiger partial charge in [-0.25, -0.2) is 4.98 Å². The highest BCUT2D eigenvalue weighted by Crippen LogP contribution is 2.00. The van der Waals surface area contributed by atoms with E-state index in [2.05, 4.69) is 40.7 Å². The van der Waals surface area contributed by atoms with Gasteiger partial charge in [-0.1, -0.05) is 6.92 Å². The highest BCUT2D eigenvalue weighted by molar-refractivity contribution is 4.90. The maximum absolute atomic E-state index is 4.33. The van der Waals surface area contributed by atoms with Gasteiger partial charge in [-0.2, -0.15) is 0 Å². The van der Waals surface area contributed by atoms with Crippen LogP contribution in [0.1, 0.15) is 26.1 Å². The maximum atomic E-state index is 4.33. The molecular formula is C12H24N4. The number of hydrogen-bond donors (Lipinski definition) is 1. The minimum atomic E-state index is 0.533. The van der Waals surface area contributed by atoms with Crippen molar-refractivity contribution in [2.45, 2.75) is 32.9 Å². The second kappa shape index (κ2) is 6.66. The summed E-state index contributed by atoms with van der Waals surface area (Å²) >= 11 is 0. The number of aromatic nitrogens is 2. The molecule has 1 atom stereocenters. The number of likely N-dealkylation sites (N-methyl/N-ethyl adjacent to an activating group) is 1. The maximum Gasteiger partial charge on any atom is 0.122 e. The number of imidazole rings is 1. The summed E-state index contributed by atoms with van der Waals surface area (Å²) in [5.41, 5.74) is 0. The highest BCUT2D eigenvalue weighted by atomic mass is 15.2. The summed E-state index contributed by atoms with van der Waals surface area (Å²) in [5, 5.41) is 3.49. The second-order valence-electron chi connectivity index (χ2n) is 4.51. The Morgan fingerprint density at radius 3 is 2.88 bits per heavy atom. The van der Waals surface area contributed by atoms with Crippen LogP contribution in [0.5, 0.6) is 0 Å². The van der Waals surface area contributed by atoms with Gasteiger partial charge in [0.15, 0.2) is 0 Å². The Kier molecular flexibility index (Phi) is 5.49. The summed E-state index contributed by atoms with van der Waals surface area (Å²) in [5.74, 6) is 1.12. The zero-order valence-electron chi connectivity index (χ0n) is 10.9. The number of nitrogens with one attached hydrogen (secondary N) is 1. The lowest BCUT2D eigenvalue weighted by Crippen LogP contribution is -2.37. The van der Waals surface area contributed by atoms with Gasteiger partial charge in [-0.15, -0.1) is 0 Å². The molecule has 0 fully saturated rings. The van der Waals surface area contributed by atoms with Gasteiger partial charge in [-0.05, 0) is 26.9 Å². The number of aryl methyl sites for hydroxylation is 1. The molecule has 0 aliphatic rings. The van der Waals surface area contributed by atoms with Gasteiger partial charge < -0.3 is 9.88 Å². The number of nitrogens with zero attached hydrogens (tertiary/aromatic N) is 3. The molecule has 0 aliphatic heterocycles. The zero-order valence-corrected chi connectivity index (χ0v) is 10.9.